The molecule has 112 valence electrons. The number of thiazole rings is 2. The van der Waals surface area contributed by atoms with Gasteiger partial charge >= 0.3 is 0 Å². The summed E-state index contributed by atoms with van der Waals surface area (Å²) in [5, 5.41) is 6.22. The molecule has 4 rings (SSSR count). The number of hydrogen-bond acceptors (Lipinski definition) is 6. The van der Waals surface area contributed by atoms with E-state index in [2.05, 4.69) is 15.3 Å². The van der Waals surface area contributed by atoms with Crippen molar-refractivity contribution in [1.29, 1.82) is 0 Å². The van der Waals surface area contributed by atoms with Gasteiger partial charge in [-0.05, 0) is 31.9 Å². The highest BCUT2D eigenvalue weighted by Crippen LogP contribution is 2.41. The fraction of sp³-hybridized carbons (Fsp3) is 0.267. The second-order valence-electron chi connectivity index (χ2n) is 5.21. The lowest BCUT2D eigenvalue weighted by molar-refractivity contribution is 0.102. The van der Waals surface area contributed by atoms with E-state index in [9.17, 15) is 4.79 Å². The van der Waals surface area contributed by atoms with Crippen molar-refractivity contribution in [3.8, 4) is 10.8 Å². The number of amides is 1. The lowest BCUT2D eigenvalue weighted by Gasteiger charge is -1.99. The predicted molar refractivity (Wildman–Crippen MR) is 86.6 cm³/mol. The third-order valence-corrected chi connectivity index (χ3v) is 5.24. The van der Waals surface area contributed by atoms with Crippen molar-refractivity contribution in [2.24, 2.45) is 0 Å². The van der Waals surface area contributed by atoms with Crippen LogP contribution in [0.1, 0.15) is 39.8 Å². The zero-order chi connectivity index (χ0) is 15.1. The van der Waals surface area contributed by atoms with Gasteiger partial charge in [0.1, 0.15) is 5.69 Å². The summed E-state index contributed by atoms with van der Waals surface area (Å²) in [6.07, 6.45) is 4.00. The zero-order valence-corrected chi connectivity index (χ0v) is 13.5. The Hall–Kier alpha value is -1.99. The summed E-state index contributed by atoms with van der Waals surface area (Å²) in [4.78, 5) is 22.1. The lowest BCUT2D eigenvalue weighted by Crippen LogP contribution is -2.13. The molecule has 1 fully saturated rings. The Morgan fingerprint density at radius 2 is 2.27 bits per heavy atom. The van der Waals surface area contributed by atoms with E-state index < -0.39 is 0 Å². The summed E-state index contributed by atoms with van der Waals surface area (Å²) in [5.41, 5.74) is 1.52. The molecule has 3 heterocycles. The Morgan fingerprint density at radius 1 is 1.41 bits per heavy atom. The van der Waals surface area contributed by atoms with Gasteiger partial charge in [-0.25, -0.2) is 9.97 Å². The summed E-state index contributed by atoms with van der Waals surface area (Å²) in [6.45, 7) is 1.89. The summed E-state index contributed by atoms with van der Waals surface area (Å²) in [5.74, 6) is 1.05. The third-order valence-electron chi connectivity index (χ3n) is 3.48. The molecule has 1 N–H and O–H groups in total. The van der Waals surface area contributed by atoms with Gasteiger partial charge in [-0.15, -0.1) is 22.7 Å². The van der Waals surface area contributed by atoms with Crippen LogP contribution in [0, 0.1) is 6.92 Å². The number of rotatable bonds is 4. The number of aromatic nitrogens is 2. The Morgan fingerprint density at radius 3 is 3.00 bits per heavy atom. The van der Waals surface area contributed by atoms with Crippen molar-refractivity contribution in [2.45, 2.75) is 25.7 Å². The van der Waals surface area contributed by atoms with E-state index in [1.165, 1.54) is 35.5 Å². The molecular weight excluding hydrogens is 318 g/mol. The fourth-order valence-electron chi connectivity index (χ4n) is 2.18. The molecule has 0 bridgehead atoms. The number of nitrogens with zero attached hydrogens (tertiary/aromatic N) is 2. The Kier molecular flexibility index (Phi) is 3.31. The second-order valence-corrected chi connectivity index (χ2v) is 7.27. The molecule has 1 amide bonds. The molecule has 0 radical (unpaired) electrons. The third kappa shape index (κ3) is 2.57. The molecule has 5 nitrogen and oxygen atoms in total. The number of carbonyl (C=O) groups excluding carboxylic acids is 1. The fourth-order valence-corrected chi connectivity index (χ4v) is 3.85. The molecule has 0 saturated heterocycles. The topological polar surface area (TPSA) is 68.0 Å². The number of furan rings is 1. The van der Waals surface area contributed by atoms with Crippen LogP contribution in [0.2, 0.25) is 0 Å². The number of hydrogen-bond donors (Lipinski definition) is 1. The first kappa shape index (κ1) is 13.7. The molecule has 3 aromatic heterocycles. The number of carbonyl (C=O) groups is 1. The van der Waals surface area contributed by atoms with Crippen molar-refractivity contribution in [3.63, 3.8) is 0 Å². The van der Waals surface area contributed by atoms with E-state index in [0.29, 0.717) is 27.5 Å². The number of anilines is 1. The number of aryl methyl sites for hydroxylation is 1. The molecule has 0 atom stereocenters. The van der Waals surface area contributed by atoms with Crippen LogP contribution in [0.4, 0.5) is 5.13 Å². The van der Waals surface area contributed by atoms with Crippen LogP contribution in [-0.4, -0.2) is 15.9 Å². The SMILES string of the molecule is Cc1sc(-c2ccco2)nc1C(=O)Nc1nc(C2CC2)cs1. The quantitative estimate of drug-likeness (QED) is 0.774. The van der Waals surface area contributed by atoms with Crippen LogP contribution in [0.25, 0.3) is 10.8 Å². The summed E-state index contributed by atoms with van der Waals surface area (Å²) < 4.78 is 5.33. The van der Waals surface area contributed by atoms with Crippen molar-refractivity contribution >= 4 is 33.7 Å². The largest absolute Gasteiger partial charge is 0.462 e. The first-order chi connectivity index (χ1) is 10.7. The van der Waals surface area contributed by atoms with Crippen molar-refractivity contribution in [1.82, 2.24) is 9.97 Å². The summed E-state index contributed by atoms with van der Waals surface area (Å²) >= 11 is 2.91. The molecule has 1 aliphatic carbocycles. The van der Waals surface area contributed by atoms with Gasteiger partial charge in [0, 0.05) is 16.2 Å². The van der Waals surface area contributed by atoms with Crippen LogP contribution in [0.3, 0.4) is 0 Å². The molecule has 0 aromatic carbocycles. The highest BCUT2D eigenvalue weighted by Gasteiger charge is 2.26. The molecule has 1 aliphatic rings. The van der Waals surface area contributed by atoms with Crippen LogP contribution in [-0.2, 0) is 0 Å². The summed E-state index contributed by atoms with van der Waals surface area (Å²) in [7, 11) is 0. The highest BCUT2D eigenvalue weighted by atomic mass is 32.1. The van der Waals surface area contributed by atoms with E-state index in [1.807, 2.05) is 18.4 Å². The smallest absolute Gasteiger partial charge is 0.277 e. The van der Waals surface area contributed by atoms with Gasteiger partial charge in [-0.1, -0.05) is 0 Å². The zero-order valence-electron chi connectivity index (χ0n) is 11.8. The lowest BCUT2D eigenvalue weighted by atomic mass is 10.3. The van der Waals surface area contributed by atoms with Gasteiger partial charge in [0.2, 0.25) is 0 Å². The Balaban J connectivity index is 1.54. The molecule has 7 heteroatoms. The second kappa shape index (κ2) is 5.33. The van der Waals surface area contributed by atoms with Crippen molar-refractivity contribution in [2.75, 3.05) is 5.32 Å². The normalized spacial score (nSPS) is 14.2. The highest BCUT2D eigenvalue weighted by molar-refractivity contribution is 7.15. The van der Waals surface area contributed by atoms with E-state index in [0.717, 1.165) is 10.6 Å². The van der Waals surface area contributed by atoms with Gasteiger partial charge in [-0.2, -0.15) is 0 Å². The van der Waals surface area contributed by atoms with Crippen LogP contribution < -0.4 is 5.32 Å². The Labute approximate surface area is 135 Å². The van der Waals surface area contributed by atoms with Crippen molar-refractivity contribution < 1.29 is 9.21 Å². The van der Waals surface area contributed by atoms with Gasteiger partial charge in [0.15, 0.2) is 15.9 Å². The maximum absolute atomic E-state index is 12.4. The first-order valence-electron chi connectivity index (χ1n) is 6.99. The van der Waals surface area contributed by atoms with Crippen LogP contribution in [0.5, 0.6) is 0 Å². The van der Waals surface area contributed by atoms with E-state index in [-0.39, 0.29) is 5.91 Å². The monoisotopic (exact) mass is 331 g/mol. The molecule has 1 saturated carbocycles. The molecular formula is C15H13N3O2S2. The van der Waals surface area contributed by atoms with E-state index in [4.69, 9.17) is 4.42 Å². The van der Waals surface area contributed by atoms with Crippen LogP contribution >= 0.6 is 22.7 Å². The van der Waals surface area contributed by atoms with Gasteiger partial charge in [0.25, 0.3) is 5.91 Å². The van der Waals surface area contributed by atoms with Gasteiger partial charge in [-0.3, -0.25) is 10.1 Å². The summed E-state index contributed by atoms with van der Waals surface area (Å²) in [6, 6.07) is 3.64. The van der Waals surface area contributed by atoms with E-state index in [1.54, 1.807) is 12.3 Å². The maximum atomic E-state index is 12.4. The molecule has 0 unspecified atom stereocenters. The van der Waals surface area contributed by atoms with Crippen molar-refractivity contribution in [3.05, 3.63) is 40.0 Å². The maximum Gasteiger partial charge on any atom is 0.277 e. The number of nitrogens with one attached hydrogen (secondary N) is 1. The van der Waals surface area contributed by atoms with Gasteiger partial charge in [0.05, 0.1) is 12.0 Å². The molecule has 0 spiro atoms. The molecule has 22 heavy (non-hydrogen) atoms. The first-order valence-corrected chi connectivity index (χ1v) is 8.68. The minimum Gasteiger partial charge on any atom is -0.462 e. The molecule has 0 aliphatic heterocycles. The standard InChI is InChI=1S/C15H13N3O2S2/c1-8-12(17-14(22-8)11-3-2-6-20-11)13(19)18-15-16-10(7-21-15)9-4-5-9/h2-3,6-7,9H,4-5H2,1H3,(H,16,18,19). The minimum absolute atomic E-state index is 0.219. The predicted octanol–water partition coefficient (Wildman–Crippen LogP) is 4.30. The average molecular weight is 331 g/mol. The minimum atomic E-state index is -0.219. The molecule has 3 aromatic rings. The Bertz CT molecular complexity index is 816. The average Bonchev–Trinajstić information content (AvgIpc) is 2.94. The van der Waals surface area contributed by atoms with Crippen LogP contribution in [0.15, 0.2) is 28.2 Å². The van der Waals surface area contributed by atoms with Gasteiger partial charge < -0.3 is 4.42 Å². The van der Waals surface area contributed by atoms with E-state index >= 15 is 0 Å².